The average molecular weight is 673 g/mol. The number of allylic oxidation sites excluding steroid dienone is 1. The summed E-state index contributed by atoms with van der Waals surface area (Å²) in [6, 6.07) is 14.3. The van der Waals surface area contributed by atoms with E-state index in [2.05, 4.69) is 25.7 Å². The van der Waals surface area contributed by atoms with Gasteiger partial charge in [0.2, 0.25) is 5.91 Å². The molecule has 0 N–H and O–H groups in total. The lowest BCUT2D eigenvalue weighted by Gasteiger charge is -2.37. The number of benzene rings is 2. The number of carbonyl (C=O) groups excluding carboxylic acids is 2. The second kappa shape index (κ2) is 12.2. The van der Waals surface area contributed by atoms with E-state index in [4.69, 9.17) is 28.2 Å². The smallest absolute Gasteiger partial charge is 0.263 e. The van der Waals surface area contributed by atoms with Gasteiger partial charge < -0.3 is 19.6 Å². The van der Waals surface area contributed by atoms with Crippen molar-refractivity contribution < 1.29 is 14.0 Å². The first kappa shape index (κ1) is 32.4. The number of thioether (sulfide) groups is 1. The summed E-state index contributed by atoms with van der Waals surface area (Å²) in [5.74, 6) is -0.334. The molecule has 4 aliphatic rings. The fourth-order valence-corrected chi connectivity index (χ4v) is 8.98. The summed E-state index contributed by atoms with van der Waals surface area (Å²) in [7, 11) is 3.67. The highest BCUT2D eigenvalue weighted by atomic mass is 35.5. The predicted octanol–water partition coefficient (Wildman–Crippen LogP) is 6.73. The van der Waals surface area contributed by atoms with E-state index in [-0.39, 0.29) is 42.4 Å². The van der Waals surface area contributed by atoms with Crippen LogP contribution in [0.5, 0.6) is 0 Å². The standard InChI is InChI=1S/C34H40Cl2FN5O2S/c1-19(2)28-29(32(44)41-20(3)7-16-26(41)31(43)40-17-25(37)27(18-40)39(5)6)45-33-38-34(4,22-10-14-24(36)15-11-22)30(42(28)33)21-8-12-23(35)13-9-21/h8-15,19-20,25-27,30H,7,16-18H2,1-6H3/t20?,25-,26?,27-,30-,34+/m1/s1. The number of aliphatic imine (C=N–C) groups is 1. The molecule has 0 saturated carbocycles. The van der Waals surface area contributed by atoms with Crippen molar-refractivity contribution in [1.82, 2.24) is 19.6 Å². The fraction of sp³-hybridized carbons (Fsp3) is 0.500. The average Bonchev–Trinajstić information content (AvgIpc) is 3.74. The summed E-state index contributed by atoms with van der Waals surface area (Å²) < 4.78 is 14.8. The third-order valence-electron chi connectivity index (χ3n) is 9.75. The maximum absolute atomic E-state index is 14.8. The number of amides is 2. The number of halogens is 3. The minimum atomic E-state index is -1.11. The molecule has 2 aromatic carbocycles. The Morgan fingerprint density at radius 2 is 1.64 bits per heavy atom. The number of amidine groups is 1. The first-order valence-corrected chi connectivity index (χ1v) is 17.1. The molecule has 2 saturated heterocycles. The molecule has 7 nitrogen and oxygen atoms in total. The van der Waals surface area contributed by atoms with E-state index >= 15 is 0 Å². The van der Waals surface area contributed by atoms with Gasteiger partial charge in [-0.05, 0) is 93.9 Å². The van der Waals surface area contributed by atoms with E-state index in [0.717, 1.165) is 22.0 Å². The zero-order valence-corrected chi connectivity index (χ0v) is 28.8. The van der Waals surface area contributed by atoms with Crippen LogP contribution in [0.15, 0.2) is 64.1 Å². The number of hydrogen-bond acceptors (Lipinski definition) is 6. The fourth-order valence-electron chi connectivity index (χ4n) is 7.37. The lowest BCUT2D eigenvalue weighted by molar-refractivity contribution is -0.142. The SMILES string of the molecule is CC(C)C1=C(C(=O)N2C(C)CCC2C(=O)N2C[C@@H](F)[C@H](N(C)C)C2)SC2=N[C@@](C)(c3ccc(Cl)cc3)[C@@H](c3ccc(Cl)cc3)N21. The molecule has 2 unspecified atom stereocenters. The summed E-state index contributed by atoms with van der Waals surface area (Å²) >= 11 is 14.0. The predicted molar refractivity (Wildman–Crippen MR) is 180 cm³/mol. The number of hydrogen-bond donors (Lipinski definition) is 0. The van der Waals surface area contributed by atoms with Crippen molar-refractivity contribution in [1.29, 1.82) is 0 Å². The van der Waals surface area contributed by atoms with Gasteiger partial charge in [-0.3, -0.25) is 9.59 Å². The Morgan fingerprint density at radius 1 is 1.02 bits per heavy atom. The van der Waals surface area contributed by atoms with Gasteiger partial charge in [0.25, 0.3) is 5.91 Å². The van der Waals surface area contributed by atoms with Gasteiger partial charge in [-0.25, -0.2) is 9.38 Å². The molecule has 4 heterocycles. The molecule has 2 aromatic rings. The first-order valence-electron chi connectivity index (χ1n) is 15.6. The molecule has 0 bridgehead atoms. The Balaban J connectivity index is 1.37. The molecule has 4 aliphatic heterocycles. The molecule has 2 amide bonds. The molecule has 2 fully saturated rings. The highest BCUT2D eigenvalue weighted by molar-refractivity contribution is 8.18. The van der Waals surface area contributed by atoms with E-state index < -0.39 is 17.8 Å². The maximum Gasteiger partial charge on any atom is 0.263 e. The molecule has 0 radical (unpaired) electrons. The third-order valence-corrected chi connectivity index (χ3v) is 11.3. The molecule has 0 aliphatic carbocycles. The number of carbonyl (C=O) groups is 2. The van der Waals surface area contributed by atoms with Crippen molar-refractivity contribution in [2.24, 2.45) is 10.9 Å². The van der Waals surface area contributed by atoms with E-state index in [9.17, 15) is 14.0 Å². The molecule has 6 rings (SSSR count). The molecule has 6 atom stereocenters. The first-order chi connectivity index (χ1) is 21.3. The lowest BCUT2D eigenvalue weighted by atomic mass is 9.81. The molecular weight excluding hydrogens is 632 g/mol. The third kappa shape index (κ3) is 5.57. The van der Waals surface area contributed by atoms with E-state index in [1.54, 1.807) is 9.80 Å². The van der Waals surface area contributed by atoms with Gasteiger partial charge in [-0.2, -0.15) is 0 Å². The summed E-state index contributed by atoms with van der Waals surface area (Å²) in [6.07, 6.45) is 0.166. The van der Waals surface area contributed by atoms with Crippen molar-refractivity contribution in [3.8, 4) is 0 Å². The zero-order valence-electron chi connectivity index (χ0n) is 26.5. The summed E-state index contributed by atoms with van der Waals surface area (Å²) in [5, 5.41) is 2.05. The summed E-state index contributed by atoms with van der Waals surface area (Å²) in [6.45, 7) is 8.67. The van der Waals surface area contributed by atoms with Gasteiger partial charge in [-0.1, -0.05) is 61.3 Å². The Labute approximate surface area is 279 Å². The Bertz CT molecular complexity index is 1550. The molecule has 0 spiro atoms. The van der Waals surface area contributed by atoms with Crippen molar-refractivity contribution in [3.05, 3.63) is 80.3 Å². The number of nitrogens with zero attached hydrogens (tertiary/aromatic N) is 5. The van der Waals surface area contributed by atoms with Gasteiger partial charge in [0.1, 0.15) is 22.7 Å². The largest absolute Gasteiger partial charge is 0.336 e. The van der Waals surface area contributed by atoms with Crippen LogP contribution in [0.1, 0.15) is 57.7 Å². The van der Waals surface area contributed by atoms with Gasteiger partial charge in [0.05, 0.1) is 18.6 Å². The summed E-state index contributed by atoms with van der Waals surface area (Å²) in [4.78, 5) is 41.8. The van der Waals surface area contributed by atoms with Crippen molar-refractivity contribution in [2.75, 3.05) is 27.2 Å². The highest BCUT2D eigenvalue weighted by Gasteiger charge is 2.54. The van der Waals surface area contributed by atoms with Crippen LogP contribution in [-0.4, -0.2) is 88.1 Å². The minimum Gasteiger partial charge on any atom is -0.336 e. The van der Waals surface area contributed by atoms with Crippen LogP contribution < -0.4 is 0 Å². The van der Waals surface area contributed by atoms with Crippen LogP contribution in [-0.2, 0) is 15.1 Å². The Hall–Kier alpha value is -2.59. The van der Waals surface area contributed by atoms with Crippen LogP contribution in [0.25, 0.3) is 0 Å². The van der Waals surface area contributed by atoms with Gasteiger partial charge in [0, 0.05) is 28.3 Å². The molecule has 11 heteroatoms. The topological polar surface area (TPSA) is 59.5 Å². The summed E-state index contributed by atoms with van der Waals surface area (Å²) in [5.41, 5.74) is 2.26. The maximum atomic E-state index is 14.8. The molecule has 45 heavy (non-hydrogen) atoms. The van der Waals surface area contributed by atoms with E-state index in [0.29, 0.717) is 34.3 Å². The quantitative estimate of drug-likeness (QED) is 0.341. The van der Waals surface area contributed by atoms with Crippen molar-refractivity contribution in [3.63, 3.8) is 0 Å². The molecule has 0 aromatic heterocycles. The van der Waals surface area contributed by atoms with E-state index in [1.807, 2.05) is 74.4 Å². The normalized spacial score (nSPS) is 29.8. The second-order valence-corrected chi connectivity index (χ2v) is 15.1. The van der Waals surface area contributed by atoms with Crippen LogP contribution in [0, 0.1) is 5.92 Å². The number of likely N-dealkylation sites (tertiary alicyclic amines) is 2. The monoisotopic (exact) mass is 671 g/mol. The lowest BCUT2D eigenvalue weighted by Crippen LogP contribution is -2.50. The van der Waals surface area contributed by atoms with Gasteiger partial charge >= 0.3 is 0 Å². The zero-order chi connectivity index (χ0) is 32.4. The second-order valence-electron chi connectivity index (χ2n) is 13.3. The number of fused-ring (bicyclic) bond motifs is 1. The number of rotatable bonds is 6. The van der Waals surface area contributed by atoms with Crippen LogP contribution in [0.3, 0.4) is 0 Å². The van der Waals surface area contributed by atoms with Crippen LogP contribution in [0.2, 0.25) is 10.0 Å². The van der Waals surface area contributed by atoms with Gasteiger partial charge in [-0.15, -0.1) is 0 Å². The van der Waals surface area contributed by atoms with Gasteiger partial charge in [0.15, 0.2) is 5.17 Å². The van der Waals surface area contributed by atoms with Crippen LogP contribution in [0.4, 0.5) is 4.39 Å². The molecule has 240 valence electrons. The highest BCUT2D eigenvalue weighted by Crippen LogP contribution is 2.56. The Morgan fingerprint density at radius 3 is 2.22 bits per heavy atom. The van der Waals surface area contributed by atoms with Crippen molar-refractivity contribution >= 4 is 51.9 Å². The minimum absolute atomic E-state index is 0.00898. The van der Waals surface area contributed by atoms with Crippen LogP contribution >= 0.6 is 35.0 Å². The molecular formula is C34H40Cl2FN5O2S. The number of likely N-dealkylation sites (N-methyl/N-ethyl adjacent to an activating group) is 1. The Kier molecular flexibility index (Phi) is 8.78. The van der Waals surface area contributed by atoms with E-state index in [1.165, 1.54) is 11.8 Å². The number of alkyl halides is 1. The van der Waals surface area contributed by atoms with Crippen molar-refractivity contribution in [2.45, 2.75) is 76.4 Å².